The summed E-state index contributed by atoms with van der Waals surface area (Å²) < 4.78 is 4.94. The Labute approximate surface area is 179 Å². The number of carbonyl (C=O) groups is 4. The minimum atomic E-state index is -0.960. The van der Waals surface area contributed by atoms with E-state index in [-0.39, 0.29) is 13.0 Å². The predicted molar refractivity (Wildman–Crippen MR) is 113 cm³/mol. The Hall–Kier alpha value is -3.19. The highest BCUT2D eigenvalue weighted by Gasteiger charge is 2.23. The summed E-state index contributed by atoms with van der Waals surface area (Å²) in [6, 6.07) is 14.3. The molecule has 0 aliphatic rings. The summed E-state index contributed by atoms with van der Waals surface area (Å²) in [4.78, 5) is 46.6. The fraction of sp³-hybridized carbons (Fsp3) is 0.273. The standard InChI is InChI=1S/C22H23ClN2O5/c1-2-30-21(28)12-18(25-22(29)19(26)13-20(24)27)10-14-6-8-15(9-7-14)16-4-3-5-17(23)11-16/h3-9,11,18H,2,10,12-13H2,1H3,(H2,24,27)(H,25,29)/t18-/m1/s1. The highest BCUT2D eigenvalue weighted by Crippen LogP contribution is 2.23. The maximum Gasteiger partial charge on any atom is 0.307 e. The Morgan fingerprint density at radius 2 is 1.77 bits per heavy atom. The van der Waals surface area contributed by atoms with Crippen molar-refractivity contribution in [2.75, 3.05) is 6.61 Å². The molecule has 1 atom stereocenters. The number of esters is 1. The van der Waals surface area contributed by atoms with E-state index in [0.717, 1.165) is 16.7 Å². The summed E-state index contributed by atoms with van der Waals surface area (Å²) in [7, 11) is 0. The second-order valence-electron chi connectivity index (χ2n) is 6.66. The molecule has 0 bridgehead atoms. The molecular formula is C22H23ClN2O5. The van der Waals surface area contributed by atoms with Gasteiger partial charge in [-0.2, -0.15) is 0 Å². The number of nitrogens with two attached hydrogens (primary N) is 1. The molecule has 2 rings (SSSR count). The van der Waals surface area contributed by atoms with Crippen LogP contribution in [0.15, 0.2) is 48.5 Å². The zero-order valence-corrected chi connectivity index (χ0v) is 17.3. The van der Waals surface area contributed by atoms with E-state index in [1.54, 1.807) is 13.0 Å². The lowest BCUT2D eigenvalue weighted by molar-refractivity contribution is -0.145. The number of hydrogen-bond donors (Lipinski definition) is 2. The second kappa shape index (κ2) is 11.1. The van der Waals surface area contributed by atoms with E-state index >= 15 is 0 Å². The highest BCUT2D eigenvalue weighted by molar-refractivity contribution is 6.39. The van der Waals surface area contributed by atoms with E-state index < -0.39 is 36.0 Å². The quantitative estimate of drug-likeness (QED) is 0.341. The molecule has 2 aromatic carbocycles. The molecule has 0 saturated carbocycles. The number of hydrogen-bond acceptors (Lipinski definition) is 5. The van der Waals surface area contributed by atoms with Crippen molar-refractivity contribution < 1.29 is 23.9 Å². The Kier molecular flexibility index (Phi) is 8.55. The number of carbonyl (C=O) groups excluding carboxylic acids is 4. The van der Waals surface area contributed by atoms with Crippen LogP contribution in [0.4, 0.5) is 0 Å². The van der Waals surface area contributed by atoms with Crippen molar-refractivity contribution in [2.45, 2.75) is 32.2 Å². The molecule has 0 unspecified atom stereocenters. The van der Waals surface area contributed by atoms with Gasteiger partial charge in [-0.25, -0.2) is 0 Å². The average molecular weight is 431 g/mol. The third kappa shape index (κ3) is 7.33. The summed E-state index contributed by atoms with van der Waals surface area (Å²) in [6.07, 6.45) is -0.504. The van der Waals surface area contributed by atoms with Gasteiger partial charge in [0, 0.05) is 11.1 Å². The van der Waals surface area contributed by atoms with E-state index in [1.165, 1.54) is 0 Å². The summed E-state index contributed by atoms with van der Waals surface area (Å²) in [5, 5.41) is 3.13. The van der Waals surface area contributed by atoms with Crippen LogP contribution in [0.1, 0.15) is 25.3 Å². The van der Waals surface area contributed by atoms with Crippen LogP contribution in [-0.4, -0.2) is 36.2 Å². The molecule has 0 heterocycles. The maximum absolute atomic E-state index is 12.1. The third-order valence-corrected chi connectivity index (χ3v) is 4.47. The molecule has 158 valence electrons. The number of primary amides is 1. The van der Waals surface area contributed by atoms with Crippen LogP contribution < -0.4 is 11.1 Å². The number of amides is 2. The van der Waals surface area contributed by atoms with Crippen LogP contribution in [0, 0.1) is 0 Å². The second-order valence-corrected chi connectivity index (χ2v) is 7.09. The lowest BCUT2D eigenvalue weighted by Gasteiger charge is -2.18. The number of rotatable bonds is 10. The van der Waals surface area contributed by atoms with E-state index in [2.05, 4.69) is 5.32 Å². The van der Waals surface area contributed by atoms with Crippen molar-refractivity contribution in [1.29, 1.82) is 0 Å². The smallest absolute Gasteiger partial charge is 0.307 e. The summed E-state index contributed by atoms with van der Waals surface area (Å²) in [6.45, 7) is 1.88. The first kappa shape index (κ1) is 23.1. The minimum Gasteiger partial charge on any atom is -0.466 e. The first-order chi connectivity index (χ1) is 14.3. The molecule has 0 fully saturated rings. The van der Waals surface area contributed by atoms with Gasteiger partial charge in [-0.15, -0.1) is 0 Å². The zero-order chi connectivity index (χ0) is 22.1. The van der Waals surface area contributed by atoms with Gasteiger partial charge in [-0.1, -0.05) is 48.0 Å². The third-order valence-electron chi connectivity index (χ3n) is 4.24. The Morgan fingerprint density at radius 1 is 1.07 bits per heavy atom. The van der Waals surface area contributed by atoms with Gasteiger partial charge in [0.25, 0.3) is 5.91 Å². The molecule has 0 aliphatic heterocycles. The van der Waals surface area contributed by atoms with Gasteiger partial charge in [0.2, 0.25) is 11.7 Å². The van der Waals surface area contributed by atoms with Gasteiger partial charge < -0.3 is 15.8 Å². The van der Waals surface area contributed by atoms with Gasteiger partial charge in [0.1, 0.15) is 0 Å². The van der Waals surface area contributed by atoms with E-state index in [0.29, 0.717) is 11.4 Å². The number of nitrogens with one attached hydrogen (secondary N) is 1. The van der Waals surface area contributed by atoms with Crippen molar-refractivity contribution in [3.63, 3.8) is 0 Å². The molecule has 7 nitrogen and oxygen atoms in total. The van der Waals surface area contributed by atoms with Crippen LogP contribution in [0.25, 0.3) is 11.1 Å². The van der Waals surface area contributed by atoms with Crippen LogP contribution in [-0.2, 0) is 30.3 Å². The van der Waals surface area contributed by atoms with Gasteiger partial charge in [-0.3, -0.25) is 19.2 Å². The molecule has 2 amide bonds. The molecule has 0 saturated heterocycles. The van der Waals surface area contributed by atoms with Crippen molar-refractivity contribution >= 4 is 35.2 Å². The topological polar surface area (TPSA) is 116 Å². The number of Topliss-reactive ketones (excluding diaryl/α,β-unsaturated/α-hetero) is 1. The molecule has 30 heavy (non-hydrogen) atoms. The van der Waals surface area contributed by atoms with Gasteiger partial charge in [-0.05, 0) is 42.2 Å². The van der Waals surface area contributed by atoms with Crippen LogP contribution in [0.2, 0.25) is 5.02 Å². The minimum absolute atomic E-state index is 0.112. The van der Waals surface area contributed by atoms with Crippen LogP contribution in [0.5, 0.6) is 0 Å². The van der Waals surface area contributed by atoms with Crippen LogP contribution in [0.3, 0.4) is 0 Å². The molecule has 0 aromatic heterocycles. The summed E-state index contributed by atoms with van der Waals surface area (Å²) in [5.41, 5.74) is 7.72. The highest BCUT2D eigenvalue weighted by atomic mass is 35.5. The Balaban J connectivity index is 2.12. The Bertz CT molecular complexity index is 927. The number of benzene rings is 2. The normalized spacial score (nSPS) is 11.4. The molecule has 8 heteroatoms. The monoisotopic (exact) mass is 430 g/mol. The number of halogens is 1. The molecule has 0 aliphatic carbocycles. The fourth-order valence-corrected chi connectivity index (χ4v) is 3.08. The average Bonchev–Trinajstić information content (AvgIpc) is 2.68. The lowest BCUT2D eigenvalue weighted by Crippen LogP contribution is -2.42. The van der Waals surface area contributed by atoms with Gasteiger partial charge in [0.05, 0.1) is 19.4 Å². The molecule has 2 aromatic rings. The van der Waals surface area contributed by atoms with Gasteiger partial charge >= 0.3 is 5.97 Å². The largest absolute Gasteiger partial charge is 0.466 e. The van der Waals surface area contributed by atoms with Crippen molar-refractivity contribution in [2.24, 2.45) is 5.73 Å². The zero-order valence-electron chi connectivity index (χ0n) is 16.5. The first-order valence-corrected chi connectivity index (χ1v) is 9.78. The summed E-state index contributed by atoms with van der Waals surface area (Å²) >= 11 is 6.03. The maximum atomic E-state index is 12.1. The SMILES string of the molecule is CCOC(=O)C[C@@H](Cc1ccc(-c2cccc(Cl)c2)cc1)NC(=O)C(=O)CC(N)=O. The van der Waals surface area contributed by atoms with E-state index in [4.69, 9.17) is 22.1 Å². The number of ketones is 1. The van der Waals surface area contributed by atoms with E-state index in [1.807, 2.05) is 42.5 Å². The van der Waals surface area contributed by atoms with E-state index in [9.17, 15) is 19.2 Å². The fourth-order valence-electron chi connectivity index (χ4n) is 2.89. The van der Waals surface area contributed by atoms with Crippen molar-refractivity contribution in [3.8, 4) is 11.1 Å². The molecular weight excluding hydrogens is 408 g/mol. The predicted octanol–water partition coefficient (Wildman–Crippen LogP) is 2.43. The Morgan fingerprint density at radius 3 is 2.37 bits per heavy atom. The van der Waals surface area contributed by atoms with Crippen LogP contribution >= 0.6 is 11.6 Å². The summed E-state index contributed by atoms with van der Waals surface area (Å²) in [5.74, 6) is -3.30. The molecule has 3 N–H and O–H groups in total. The number of ether oxygens (including phenoxy) is 1. The lowest BCUT2D eigenvalue weighted by atomic mass is 9.99. The van der Waals surface area contributed by atoms with Gasteiger partial charge in [0.15, 0.2) is 0 Å². The van der Waals surface area contributed by atoms with Crippen molar-refractivity contribution in [1.82, 2.24) is 5.32 Å². The first-order valence-electron chi connectivity index (χ1n) is 9.41. The van der Waals surface area contributed by atoms with Crippen molar-refractivity contribution in [3.05, 3.63) is 59.1 Å². The molecule has 0 spiro atoms. The molecule has 0 radical (unpaired) electrons.